The van der Waals surface area contributed by atoms with Gasteiger partial charge in [-0.1, -0.05) is 61.9 Å². The maximum Gasteiger partial charge on any atom is 0.335 e. The fraction of sp³-hybridized carbons (Fsp3) is 0.261. The van der Waals surface area contributed by atoms with Gasteiger partial charge >= 0.3 is 5.97 Å². The first-order valence-electron chi connectivity index (χ1n) is 8.82. The van der Waals surface area contributed by atoms with Crippen molar-refractivity contribution in [3.8, 4) is 0 Å². The summed E-state index contributed by atoms with van der Waals surface area (Å²) >= 11 is 1.95. The molecule has 26 heavy (non-hydrogen) atoms. The molecule has 0 atom stereocenters. The largest absolute Gasteiger partial charge is 0.478 e. The lowest BCUT2D eigenvalue weighted by Crippen LogP contribution is -2.22. The molecule has 0 aromatic heterocycles. The molecule has 1 aliphatic rings. The summed E-state index contributed by atoms with van der Waals surface area (Å²) in [5, 5.41) is 8.96. The third kappa shape index (κ3) is 4.28. The van der Waals surface area contributed by atoms with E-state index in [9.17, 15) is 4.79 Å². The van der Waals surface area contributed by atoms with Crippen LogP contribution >= 0.6 is 11.8 Å². The lowest BCUT2D eigenvalue weighted by atomic mass is 9.81. The Bertz CT molecular complexity index is 874. The molecule has 0 saturated heterocycles. The molecule has 0 spiro atoms. The fourth-order valence-electron chi connectivity index (χ4n) is 3.12. The van der Waals surface area contributed by atoms with Crippen LogP contribution in [0.15, 0.2) is 59.0 Å². The van der Waals surface area contributed by atoms with Crippen LogP contribution in [0.25, 0.3) is 12.2 Å². The summed E-state index contributed by atoms with van der Waals surface area (Å²) in [6.07, 6.45) is 7.52. The van der Waals surface area contributed by atoms with Gasteiger partial charge < -0.3 is 5.11 Å². The number of hydrogen-bond donors (Lipinski definition) is 1. The molecule has 0 radical (unpaired) electrons. The third-order valence-corrected chi connectivity index (χ3v) is 5.88. The number of allylic oxidation sites excluding steroid dienone is 2. The van der Waals surface area contributed by atoms with E-state index in [1.54, 1.807) is 12.1 Å². The Morgan fingerprint density at radius 1 is 1.12 bits per heavy atom. The number of carboxylic acids is 1. The van der Waals surface area contributed by atoms with Crippen molar-refractivity contribution in [1.29, 1.82) is 0 Å². The van der Waals surface area contributed by atoms with Gasteiger partial charge in [0.15, 0.2) is 0 Å². The van der Waals surface area contributed by atoms with Crippen LogP contribution in [0.2, 0.25) is 0 Å². The molecule has 3 heteroatoms. The summed E-state index contributed by atoms with van der Waals surface area (Å²) < 4.78 is 0. The van der Waals surface area contributed by atoms with Crippen LogP contribution < -0.4 is 0 Å². The van der Waals surface area contributed by atoms with Gasteiger partial charge in [0.05, 0.1) is 5.56 Å². The number of hydrogen-bond acceptors (Lipinski definition) is 2. The first-order chi connectivity index (χ1) is 12.3. The normalized spacial score (nSPS) is 16.5. The Hall–Kier alpha value is -2.26. The highest BCUT2D eigenvalue weighted by Gasteiger charge is 2.27. The highest BCUT2D eigenvalue weighted by molar-refractivity contribution is 7.99. The summed E-state index contributed by atoms with van der Waals surface area (Å²) in [6.45, 7) is 6.70. The average Bonchev–Trinajstić information content (AvgIpc) is 2.60. The zero-order chi connectivity index (χ0) is 18.7. The van der Waals surface area contributed by atoms with Crippen molar-refractivity contribution in [2.75, 3.05) is 5.75 Å². The predicted molar refractivity (Wildman–Crippen MR) is 111 cm³/mol. The molecule has 0 fully saturated rings. The minimum Gasteiger partial charge on any atom is -0.478 e. The van der Waals surface area contributed by atoms with Crippen molar-refractivity contribution in [3.05, 3.63) is 76.4 Å². The first kappa shape index (κ1) is 18.5. The van der Waals surface area contributed by atoms with E-state index < -0.39 is 5.97 Å². The smallest absolute Gasteiger partial charge is 0.335 e. The molecule has 0 bridgehead atoms. The highest BCUT2D eigenvalue weighted by Crippen LogP contribution is 2.41. The molecule has 1 N–H and O–H groups in total. The fourth-order valence-corrected chi connectivity index (χ4v) is 4.60. The van der Waals surface area contributed by atoms with Crippen LogP contribution in [-0.2, 0) is 5.41 Å². The molecule has 0 amide bonds. The zero-order valence-corrected chi connectivity index (χ0v) is 16.3. The van der Waals surface area contributed by atoms with Crippen LogP contribution in [0.1, 0.15) is 54.2 Å². The van der Waals surface area contributed by atoms with Gasteiger partial charge in [-0.25, -0.2) is 4.79 Å². The number of thioether (sulfide) groups is 1. The van der Waals surface area contributed by atoms with Gasteiger partial charge in [0.1, 0.15) is 0 Å². The molecule has 3 rings (SSSR count). The predicted octanol–water partition coefficient (Wildman–Crippen LogP) is 6.27. The van der Waals surface area contributed by atoms with Crippen molar-refractivity contribution < 1.29 is 9.90 Å². The molecular weight excluding hydrogens is 340 g/mol. The second kappa shape index (κ2) is 7.55. The van der Waals surface area contributed by atoms with E-state index in [1.165, 1.54) is 28.2 Å². The van der Waals surface area contributed by atoms with Crippen LogP contribution in [0, 0.1) is 0 Å². The van der Waals surface area contributed by atoms with E-state index in [-0.39, 0.29) is 5.41 Å². The van der Waals surface area contributed by atoms with E-state index in [0.717, 1.165) is 11.1 Å². The number of fused-ring (bicyclic) bond motifs is 1. The number of carboxylic acid groups (broad SMARTS) is 1. The summed E-state index contributed by atoms with van der Waals surface area (Å²) in [5.41, 5.74) is 5.33. The molecule has 2 aromatic rings. The van der Waals surface area contributed by atoms with Gasteiger partial charge in [0.25, 0.3) is 0 Å². The number of rotatable bonds is 4. The summed E-state index contributed by atoms with van der Waals surface area (Å²) in [5.74, 6) is 0.295. The molecular formula is C23H24O2S. The Labute approximate surface area is 159 Å². The number of benzene rings is 2. The van der Waals surface area contributed by atoms with Gasteiger partial charge in [-0.3, -0.25) is 0 Å². The number of carbonyl (C=O) groups is 1. The summed E-state index contributed by atoms with van der Waals surface area (Å²) in [4.78, 5) is 12.3. The van der Waals surface area contributed by atoms with Crippen LogP contribution in [0.3, 0.4) is 0 Å². The van der Waals surface area contributed by atoms with Gasteiger partial charge in [-0.15, -0.1) is 11.8 Å². The minimum atomic E-state index is -0.898. The van der Waals surface area contributed by atoms with E-state index in [2.05, 4.69) is 57.2 Å². The monoisotopic (exact) mass is 364 g/mol. The summed E-state index contributed by atoms with van der Waals surface area (Å²) in [7, 11) is 0. The SMILES string of the molecule is CC(/C=C/c1ccc2c(c1)C(C)(C)CCS2)=C\c1ccc(C(=O)O)cc1. The van der Waals surface area contributed by atoms with Crippen molar-refractivity contribution in [1.82, 2.24) is 0 Å². The molecule has 2 aromatic carbocycles. The molecule has 1 aliphatic heterocycles. The lowest BCUT2D eigenvalue weighted by Gasteiger charge is -2.32. The Kier molecular flexibility index (Phi) is 5.38. The van der Waals surface area contributed by atoms with Gasteiger partial charge in [0, 0.05) is 4.90 Å². The Balaban J connectivity index is 1.78. The van der Waals surface area contributed by atoms with E-state index >= 15 is 0 Å². The maximum atomic E-state index is 10.9. The quantitative estimate of drug-likeness (QED) is 0.649. The molecule has 0 unspecified atom stereocenters. The number of aromatic carboxylic acids is 1. The van der Waals surface area contributed by atoms with Crippen LogP contribution in [0.4, 0.5) is 0 Å². The second-order valence-corrected chi connectivity index (χ2v) is 8.52. The Morgan fingerprint density at radius 3 is 2.50 bits per heavy atom. The molecule has 1 heterocycles. The summed E-state index contributed by atoms with van der Waals surface area (Å²) in [6, 6.07) is 13.7. The van der Waals surface area contributed by atoms with Crippen molar-refractivity contribution in [3.63, 3.8) is 0 Å². The highest BCUT2D eigenvalue weighted by atomic mass is 32.2. The molecule has 0 aliphatic carbocycles. The van der Waals surface area contributed by atoms with Gasteiger partial charge in [-0.05, 0) is 59.4 Å². The van der Waals surface area contributed by atoms with Gasteiger partial charge in [0.2, 0.25) is 0 Å². The van der Waals surface area contributed by atoms with E-state index in [4.69, 9.17) is 5.11 Å². The standard InChI is InChI=1S/C23H24O2S/c1-16(14-17-6-9-19(10-7-17)22(24)25)4-5-18-8-11-21-20(15-18)23(2,3)12-13-26-21/h4-11,14-15H,12-13H2,1-3H3,(H,24,25)/b5-4+,16-14+. The minimum absolute atomic E-state index is 0.237. The molecule has 134 valence electrons. The maximum absolute atomic E-state index is 10.9. The van der Waals surface area contributed by atoms with Gasteiger partial charge in [-0.2, -0.15) is 0 Å². The van der Waals surface area contributed by atoms with E-state index in [0.29, 0.717) is 5.56 Å². The second-order valence-electron chi connectivity index (χ2n) is 7.39. The Morgan fingerprint density at radius 2 is 1.81 bits per heavy atom. The topological polar surface area (TPSA) is 37.3 Å². The van der Waals surface area contributed by atoms with Crippen molar-refractivity contribution in [2.45, 2.75) is 37.5 Å². The molecule has 0 saturated carbocycles. The first-order valence-corrected chi connectivity index (χ1v) is 9.81. The average molecular weight is 365 g/mol. The van der Waals surface area contributed by atoms with E-state index in [1.807, 2.05) is 23.9 Å². The zero-order valence-electron chi connectivity index (χ0n) is 15.5. The van der Waals surface area contributed by atoms with Crippen molar-refractivity contribution in [2.24, 2.45) is 0 Å². The van der Waals surface area contributed by atoms with Crippen molar-refractivity contribution >= 4 is 29.9 Å². The third-order valence-electron chi connectivity index (χ3n) is 4.81. The van der Waals surface area contributed by atoms with Crippen LogP contribution in [-0.4, -0.2) is 16.8 Å². The molecule has 2 nitrogen and oxygen atoms in total. The lowest BCUT2D eigenvalue weighted by molar-refractivity contribution is 0.0697. The van der Waals surface area contributed by atoms with Crippen LogP contribution in [0.5, 0.6) is 0 Å².